The largest absolute Gasteiger partial charge is 0.309 e. The molecule has 27 heavy (non-hydrogen) atoms. The van der Waals surface area contributed by atoms with E-state index in [4.69, 9.17) is 0 Å². The number of amides is 1. The topological polar surface area (TPSA) is 64.7 Å². The van der Waals surface area contributed by atoms with Crippen molar-refractivity contribution in [2.45, 2.75) is 51.6 Å². The maximum atomic E-state index is 12.6. The molecule has 0 radical (unpaired) electrons. The van der Waals surface area contributed by atoms with Crippen LogP contribution >= 0.6 is 0 Å². The Balaban J connectivity index is 1.44. The zero-order valence-electron chi connectivity index (χ0n) is 15.6. The third-order valence-corrected chi connectivity index (χ3v) is 5.09. The number of benzene rings is 1. The molecule has 0 spiro atoms. The van der Waals surface area contributed by atoms with Crippen LogP contribution < -0.4 is 5.32 Å². The molecule has 2 heterocycles. The van der Waals surface area contributed by atoms with Gasteiger partial charge in [0.1, 0.15) is 12.4 Å². The molecule has 1 N–H and O–H groups in total. The molecule has 0 unspecified atom stereocenters. The van der Waals surface area contributed by atoms with Crippen LogP contribution in [-0.2, 0) is 11.3 Å². The van der Waals surface area contributed by atoms with Gasteiger partial charge < -0.3 is 5.32 Å². The Morgan fingerprint density at radius 1 is 1.15 bits per heavy atom. The van der Waals surface area contributed by atoms with Gasteiger partial charge in [-0.15, -0.1) is 0 Å². The first-order chi connectivity index (χ1) is 13.2. The molecule has 0 saturated heterocycles. The Hall–Kier alpha value is -2.89. The number of hydrogen-bond acceptors (Lipinski definition) is 3. The zero-order chi connectivity index (χ0) is 18.6. The van der Waals surface area contributed by atoms with Gasteiger partial charge in [0.25, 0.3) is 0 Å². The highest BCUT2D eigenvalue weighted by molar-refractivity contribution is 5.89. The van der Waals surface area contributed by atoms with Crippen molar-refractivity contribution in [1.82, 2.24) is 19.6 Å². The van der Waals surface area contributed by atoms with E-state index in [-0.39, 0.29) is 12.5 Å². The number of carbonyl (C=O) groups is 1. The molecule has 140 valence electrons. The number of nitrogens with zero attached hydrogens (tertiary/aromatic N) is 4. The van der Waals surface area contributed by atoms with E-state index in [1.165, 1.54) is 19.3 Å². The van der Waals surface area contributed by atoms with Gasteiger partial charge in [0.2, 0.25) is 5.91 Å². The highest BCUT2D eigenvalue weighted by Gasteiger charge is 2.20. The minimum atomic E-state index is -0.0883. The molecule has 4 rings (SSSR count). The fourth-order valence-corrected chi connectivity index (χ4v) is 3.77. The first kappa shape index (κ1) is 17.5. The second kappa shape index (κ2) is 7.78. The molecule has 1 amide bonds. The van der Waals surface area contributed by atoms with Crippen molar-refractivity contribution >= 4 is 11.7 Å². The van der Waals surface area contributed by atoms with E-state index >= 15 is 0 Å². The number of hydrogen-bond donors (Lipinski definition) is 1. The van der Waals surface area contributed by atoms with Gasteiger partial charge >= 0.3 is 0 Å². The molecule has 1 fully saturated rings. The van der Waals surface area contributed by atoms with Crippen molar-refractivity contribution in [3.05, 3.63) is 54.5 Å². The van der Waals surface area contributed by atoms with Crippen molar-refractivity contribution in [2.24, 2.45) is 0 Å². The van der Waals surface area contributed by atoms with Crippen LogP contribution in [0.4, 0.5) is 5.82 Å². The van der Waals surface area contributed by atoms with Crippen LogP contribution in [0.15, 0.2) is 48.8 Å². The van der Waals surface area contributed by atoms with Crippen LogP contribution in [-0.4, -0.2) is 25.5 Å². The summed E-state index contributed by atoms with van der Waals surface area (Å²) in [6.45, 7) is 2.15. The van der Waals surface area contributed by atoms with Crippen LogP contribution in [0.3, 0.4) is 0 Å². The Morgan fingerprint density at radius 3 is 2.70 bits per heavy atom. The van der Waals surface area contributed by atoms with E-state index < -0.39 is 0 Å². The zero-order valence-corrected chi connectivity index (χ0v) is 15.6. The van der Waals surface area contributed by atoms with Gasteiger partial charge in [0.05, 0.1) is 17.9 Å². The first-order valence-electron chi connectivity index (χ1n) is 9.63. The summed E-state index contributed by atoms with van der Waals surface area (Å²) in [4.78, 5) is 12.6. The van der Waals surface area contributed by atoms with Crippen molar-refractivity contribution < 1.29 is 4.79 Å². The van der Waals surface area contributed by atoms with E-state index in [1.54, 1.807) is 10.9 Å². The Kier molecular flexibility index (Phi) is 5.05. The second-order valence-electron chi connectivity index (χ2n) is 7.25. The van der Waals surface area contributed by atoms with Gasteiger partial charge in [-0.1, -0.05) is 49.6 Å². The molecule has 6 nitrogen and oxygen atoms in total. The molecular weight excluding hydrogens is 338 g/mol. The third kappa shape index (κ3) is 4.10. The van der Waals surface area contributed by atoms with Crippen LogP contribution in [0.1, 0.15) is 43.8 Å². The normalized spacial score (nSPS) is 15.0. The van der Waals surface area contributed by atoms with E-state index in [0.717, 1.165) is 35.5 Å². The maximum Gasteiger partial charge on any atom is 0.247 e. The number of nitrogens with one attached hydrogen (secondary N) is 1. The lowest BCUT2D eigenvalue weighted by atomic mass is 9.96. The van der Waals surface area contributed by atoms with Crippen LogP contribution in [0.5, 0.6) is 0 Å². The summed E-state index contributed by atoms with van der Waals surface area (Å²) in [5.41, 5.74) is 3.03. The molecular formula is C21H25N5O. The molecule has 0 aliphatic heterocycles. The van der Waals surface area contributed by atoms with Crippen molar-refractivity contribution in [1.29, 1.82) is 0 Å². The van der Waals surface area contributed by atoms with Gasteiger partial charge in [-0.3, -0.25) is 9.48 Å². The molecule has 2 aromatic heterocycles. The van der Waals surface area contributed by atoms with Crippen molar-refractivity contribution in [3.63, 3.8) is 0 Å². The summed E-state index contributed by atoms with van der Waals surface area (Å²) in [6, 6.07) is 12.4. The summed E-state index contributed by atoms with van der Waals surface area (Å²) in [6.07, 6.45) is 9.70. The molecule has 1 aliphatic rings. The SMILES string of the molecule is Cc1cc(NC(=O)Cn2cc(-c3ccccc3)cn2)n(C2CCCCC2)n1. The summed E-state index contributed by atoms with van der Waals surface area (Å²) in [7, 11) is 0. The minimum absolute atomic E-state index is 0.0883. The quantitative estimate of drug-likeness (QED) is 0.739. The first-order valence-corrected chi connectivity index (χ1v) is 9.63. The van der Waals surface area contributed by atoms with Gasteiger partial charge in [-0.2, -0.15) is 10.2 Å². The fourth-order valence-electron chi connectivity index (χ4n) is 3.77. The third-order valence-electron chi connectivity index (χ3n) is 5.09. The van der Waals surface area contributed by atoms with Gasteiger partial charge in [-0.05, 0) is 25.3 Å². The van der Waals surface area contributed by atoms with Crippen molar-refractivity contribution in [2.75, 3.05) is 5.32 Å². The van der Waals surface area contributed by atoms with E-state index in [0.29, 0.717) is 6.04 Å². The molecule has 1 aliphatic carbocycles. The number of rotatable bonds is 5. The van der Waals surface area contributed by atoms with Gasteiger partial charge in [0, 0.05) is 17.8 Å². The lowest BCUT2D eigenvalue weighted by molar-refractivity contribution is -0.117. The highest BCUT2D eigenvalue weighted by Crippen LogP contribution is 2.30. The number of carbonyl (C=O) groups excluding carboxylic acids is 1. The molecule has 0 atom stereocenters. The van der Waals surface area contributed by atoms with Gasteiger partial charge in [0.15, 0.2) is 0 Å². The Labute approximate surface area is 159 Å². The lowest BCUT2D eigenvalue weighted by Gasteiger charge is -2.23. The monoisotopic (exact) mass is 363 g/mol. The lowest BCUT2D eigenvalue weighted by Crippen LogP contribution is -2.23. The molecule has 0 bridgehead atoms. The Bertz CT molecular complexity index is 906. The molecule has 1 aromatic carbocycles. The van der Waals surface area contributed by atoms with Gasteiger partial charge in [-0.25, -0.2) is 4.68 Å². The summed E-state index contributed by atoms with van der Waals surface area (Å²) in [5, 5.41) is 12.0. The molecule has 3 aromatic rings. The van der Waals surface area contributed by atoms with E-state index in [9.17, 15) is 4.79 Å². The number of anilines is 1. The molecule has 6 heteroatoms. The van der Waals surface area contributed by atoms with Crippen LogP contribution in [0.2, 0.25) is 0 Å². The maximum absolute atomic E-state index is 12.6. The van der Waals surface area contributed by atoms with Crippen LogP contribution in [0, 0.1) is 6.92 Å². The summed E-state index contributed by atoms with van der Waals surface area (Å²) >= 11 is 0. The predicted octanol–water partition coefficient (Wildman–Crippen LogP) is 4.20. The average Bonchev–Trinajstić information content (AvgIpc) is 3.29. The highest BCUT2D eigenvalue weighted by atomic mass is 16.2. The van der Waals surface area contributed by atoms with Crippen molar-refractivity contribution in [3.8, 4) is 11.1 Å². The molecule has 1 saturated carbocycles. The predicted molar refractivity (Wildman–Crippen MR) is 105 cm³/mol. The number of aromatic nitrogens is 4. The Morgan fingerprint density at radius 2 is 1.93 bits per heavy atom. The standard InChI is InChI=1S/C21H25N5O/c1-16-12-20(26(24-16)19-10-6-3-7-11-19)23-21(27)15-25-14-18(13-22-25)17-8-4-2-5-9-17/h2,4-5,8-9,12-14,19H,3,6-7,10-11,15H2,1H3,(H,23,27). The minimum Gasteiger partial charge on any atom is -0.309 e. The average molecular weight is 363 g/mol. The second-order valence-corrected chi connectivity index (χ2v) is 7.25. The van der Waals surface area contributed by atoms with E-state index in [2.05, 4.69) is 15.5 Å². The summed E-state index contributed by atoms with van der Waals surface area (Å²) < 4.78 is 3.68. The number of aryl methyl sites for hydroxylation is 1. The van der Waals surface area contributed by atoms with E-state index in [1.807, 2.05) is 54.2 Å². The summed E-state index contributed by atoms with van der Waals surface area (Å²) in [5.74, 6) is 0.703. The smallest absolute Gasteiger partial charge is 0.247 e. The van der Waals surface area contributed by atoms with Crippen LogP contribution in [0.25, 0.3) is 11.1 Å². The fraction of sp³-hybridized carbons (Fsp3) is 0.381.